The minimum atomic E-state index is -0.883. The molecule has 0 spiro atoms. The number of hydrazine groups is 1. The van der Waals surface area contributed by atoms with E-state index in [0.29, 0.717) is 16.8 Å². The van der Waals surface area contributed by atoms with Gasteiger partial charge in [-0.3, -0.25) is 25.4 Å². The summed E-state index contributed by atoms with van der Waals surface area (Å²) in [6, 6.07) is 14.1. The molecule has 2 N–H and O–H groups in total. The Labute approximate surface area is 149 Å². The summed E-state index contributed by atoms with van der Waals surface area (Å²) in [5.74, 6) is -1.09. The minimum absolute atomic E-state index is 0.343. The van der Waals surface area contributed by atoms with E-state index in [1.807, 2.05) is 12.1 Å². The zero-order valence-electron chi connectivity index (χ0n) is 13.9. The second-order valence-electron chi connectivity index (χ2n) is 5.54. The van der Waals surface area contributed by atoms with Crippen molar-refractivity contribution in [1.29, 1.82) is 0 Å². The molecule has 2 amide bonds. The number of fused-ring (bicyclic) bond motifs is 1. The molecule has 1 atom stereocenters. The van der Waals surface area contributed by atoms with Gasteiger partial charge in [-0.05, 0) is 43.3 Å². The third-order valence-electron chi connectivity index (χ3n) is 3.67. The van der Waals surface area contributed by atoms with Gasteiger partial charge in [0.25, 0.3) is 11.8 Å². The van der Waals surface area contributed by atoms with Crippen molar-refractivity contribution >= 4 is 22.7 Å². The van der Waals surface area contributed by atoms with Gasteiger partial charge in [0, 0.05) is 11.6 Å². The fraction of sp³-hybridized carbons (Fsp3) is 0.105. The molecule has 1 aromatic heterocycles. The summed E-state index contributed by atoms with van der Waals surface area (Å²) in [6.45, 7) is 1.52. The minimum Gasteiger partial charge on any atom is -0.481 e. The molecule has 0 saturated carbocycles. The van der Waals surface area contributed by atoms with Crippen LogP contribution in [0.5, 0.6) is 5.75 Å². The molecule has 0 bridgehead atoms. The number of benzene rings is 2. The molecule has 0 aliphatic carbocycles. The number of rotatable bonds is 4. The van der Waals surface area contributed by atoms with Gasteiger partial charge in [-0.25, -0.2) is 4.39 Å². The van der Waals surface area contributed by atoms with Crippen LogP contribution in [0.4, 0.5) is 4.39 Å². The molecule has 132 valence electrons. The monoisotopic (exact) mass is 353 g/mol. The van der Waals surface area contributed by atoms with Crippen LogP contribution < -0.4 is 15.6 Å². The second-order valence-corrected chi connectivity index (χ2v) is 5.54. The van der Waals surface area contributed by atoms with E-state index >= 15 is 0 Å². The number of nitrogens with one attached hydrogen (secondary N) is 2. The summed E-state index contributed by atoms with van der Waals surface area (Å²) in [5.41, 5.74) is 5.54. The van der Waals surface area contributed by atoms with Gasteiger partial charge >= 0.3 is 0 Å². The van der Waals surface area contributed by atoms with Crippen LogP contribution in [0.25, 0.3) is 10.9 Å². The van der Waals surface area contributed by atoms with E-state index in [9.17, 15) is 14.0 Å². The van der Waals surface area contributed by atoms with Crippen LogP contribution in [0.1, 0.15) is 17.3 Å². The van der Waals surface area contributed by atoms with E-state index in [4.69, 9.17) is 4.74 Å². The Balaban J connectivity index is 1.61. The Morgan fingerprint density at radius 1 is 1.04 bits per heavy atom. The van der Waals surface area contributed by atoms with Crippen molar-refractivity contribution in [2.45, 2.75) is 13.0 Å². The number of pyridine rings is 1. The summed E-state index contributed by atoms with van der Waals surface area (Å²) in [6.07, 6.45) is 0.711. The molecule has 0 aliphatic rings. The highest BCUT2D eigenvalue weighted by atomic mass is 19.1. The van der Waals surface area contributed by atoms with Gasteiger partial charge < -0.3 is 4.74 Å². The van der Waals surface area contributed by atoms with Crippen LogP contribution in [-0.4, -0.2) is 22.9 Å². The van der Waals surface area contributed by atoms with Crippen LogP contribution >= 0.6 is 0 Å². The molecule has 3 aromatic rings. The number of carbonyl (C=O) groups is 2. The lowest BCUT2D eigenvalue weighted by Crippen LogP contribution is -2.47. The van der Waals surface area contributed by atoms with E-state index in [2.05, 4.69) is 15.8 Å². The zero-order valence-corrected chi connectivity index (χ0v) is 13.9. The molecule has 1 unspecified atom stereocenters. The first kappa shape index (κ1) is 17.3. The molecule has 2 aromatic carbocycles. The van der Waals surface area contributed by atoms with Gasteiger partial charge in [-0.2, -0.15) is 0 Å². The maximum absolute atomic E-state index is 12.9. The van der Waals surface area contributed by atoms with Gasteiger partial charge in [0.05, 0.1) is 11.1 Å². The van der Waals surface area contributed by atoms with Gasteiger partial charge in [-0.15, -0.1) is 0 Å². The number of nitrogens with zero attached hydrogens (tertiary/aromatic N) is 1. The first-order chi connectivity index (χ1) is 12.5. The largest absolute Gasteiger partial charge is 0.481 e. The van der Waals surface area contributed by atoms with E-state index in [-0.39, 0.29) is 0 Å². The van der Waals surface area contributed by atoms with Crippen LogP contribution in [-0.2, 0) is 4.79 Å². The highest BCUT2D eigenvalue weighted by molar-refractivity contribution is 6.05. The van der Waals surface area contributed by atoms with Crippen molar-refractivity contribution in [3.8, 4) is 5.75 Å². The van der Waals surface area contributed by atoms with Crippen molar-refractivity contribution in [2.75, 3.05) is 0 Å². The molecular formula is C19H16FN3O3. The van der Waals surface area contributed by atoms with Crippen molar-refractivity contribution < 1.29 is 18.7 Å². The third-order valence-corrected chi connectivity index (χ3v) is 3.67. The number of carbonyl (C=O) groups excluding carboxylic acids is 2. The number of amides is 2. The lowest BCUT2D eigenvalue weighted by molar-refractivity contribution is -0.128. The van der Waals surface area contributed by atoms with Crippen LogP contribution in [0, 0.1) is 5.82 Å². The third kappa shape index (κ3) is 3.94. The van der Waals surface area contributed by atoms with Gasteiger partial charge in [0.2, 0.25) is 0 Å². The number of halogens is 1. The summed E-state index contributed by atoms with van der Waals surface area (Å²) in [7, 11) is 0. The molecule has 6 nitrogen and oxygen atoms in total. The lowest BCUT2D eigenvalue weighted by atomic mass is 10.1. The zero-order chi connectivity index (χ0) is 18.5. The van der Waals surface area contributed by atoms with Gasteiger partial charge in [-0.1, -0.05) is 18.2 Å². The van der Waals surface area contributed by atoms with Crippen molar-refractivity contribution in [3.05, 3.63) is 72.2 Å². The summed E-state index contributed by atoms with van der Waals surface area (Å²) >= 11 is 0. The standard InChI is InChI=1S/C19H16FN3O3/c1-12(26-15-9-7-14(20)8-10-15)18(24)22-23-19(25)16-6-2-4-13-5-3-11-21-17(13)16/h2-12H,1H3,(H,22,24)(H,23,25). The van der Waals surface area contributed by atoms with E-state index in [1.54, 1.807) is 24.4 Å². The Morgan fingerprint density at radius 3 is 2.54 bits per heavy atom. The molecule has 0 aliphatic heterocycles. The Bertz CT molecular complexity index is 939. The smallest absolute Gasteiger partial charge is 0.279 e. The Kier molecular flexibility index (Phi) is 5.07. The Hall–Kier alpha value is -3.48. The summed E-state index contributed by atoms with van der Waals surface area (Å²) in [5, 5.41) is 0.819. The topological polar surface area (TPSA) is 80.3 Å². The first-order valence-electron chi connectivity index (χ1n) is 7.91. The predicted octanol–water partition coefficient (Wildman–Crippen LogP) is 2.60. The van der Waals surface area contributed by atoms with E-state index in [1.165, 1.54) is 31.2 Å². The van der Waals surface area contributed by atoms with Gasteiger partial charge in [0.1, 0.15) is 11.6 Å². The second kappa shape index (κ2) is 7.60. The maximum Gasteiger partial charge on any atom is 0.279 e. The van der Waals surface area contributed by atoms with Crippen molar-refractivity contribution in [3.63, 3.8) is 0 Å². The summed E-state index contributed by atoms with van der Waals surface area (Å²) < 4.78 is 18.3. The average molecular weight is 353 g/mol. The molecule has 0 saturated heterocycles. The first-order valence-corrected chi connectivity index (χ1v) is 7.91. The molecule has 7 heteroatoms. The average Bonchev–Trinajstić information content (AvgIpc) is 2.67. The van der Waals surface area contributed by atoms with Crippen molar-refractivity contribution in [2.24, 2.45) is 0 Å². The molecule has 0 fully saturated rings. The van der Waals surface area contributed by atoms with E-state index < -0.39 is 23.7 Å². The summed E-state index contributed by atoms with van der Waals surface area (Å²) in [4.78, 5) is 28.6. The highest BCUT2D eigenvalue weighted by Crippen LogP contribution is 2.15. The fourth-order valence-corrected chi connectivity index (χ4v) is 2.35. The number of ether oxygens (including phenoxy) is 1. The van der Waals surface area contributed by atoms with E-state index in [0.717, 1.165) is 5.39 Å². The number of hydrogen-bond acceptors (Lipinski definition) is 4. The van der Waals surface area contributed by atoms with Crippen LogP contribution in [0.15, 0.2) is 60.8 Å². The Morgan fingerprint density at radius 2 is 1.77 bits per heavy atom. The van der Waals surface area contributed by atoms with Crippen LogP contribution in [0.2, 0.25) is 0 Å². The SMILES string of the molecule is CC(Oc1ccc(F)cc1)C(=O)NNC(=O)c1cccc2cccnc12. The highest BCUT2D eigenvalue weighted by Gasteiger charge is 2.17. The molecular weight excluding hydrogens is 337 g/mol. The quantitative estimate of drug-likeness (QED) is 0.707. The number of aromatic nitrogens is 1. The lowest BCUT2D eigenvalue weighted by Gasteiger charge is -2.15. The number of hydrogen-bond donors (Lipinski definition) is 2. The normalized spacial score (nSPS) is 11.6. The fourth-order valence-electron chi connectivity index (χ4n) is 2.35. The number of para-hydroxylation sites is 1. The van der Waals surface area contributed by atoms with Gasteiger partial charge in [0.15, 0.2) is 6.10 Å². The molecule has 1 heterocycles. The van der Waals surface area contributed by atoms with Crippen LogP contribution in [0.3, 0.4) is 0 Å². The molecule has 0 radical (unpaired) electrons. The maximum atomic E-state index is 12.9. The predicted molar refractivity (Wildman–Crippen MR) is 93.8 cm³/mol. The molecule has 26 heavy (non-hydrogen) atoms. The van der Waals surface area contributed by atoms with Crippen molar-refractivity contribution in [1.82, 2.24) is 15.8 Å². The molecule has 3 rings (SSSR count).